The maximum atomic E-state index is 13.1. The number of carbonyl (C=O) groups is 2. The number of fused-ring (bicyclic) bond motifs is 1. The van der Waals surface area contributed by atoms with E-state index >= 15 is 0 Å². The largest absolute Gasteiger partial charge is 0.349 e. The second-order valence-corrected chi connectivity index (χ2v) is 11.1. The number of H-pyrrole nitrogens is 1. The van der Waals surface area contributed by atoms with Gasteiger partial charge in [0.1, 0.15) is 23.7 Å². The Kier molecular flexibility index (Phi) is 6.45. The molecule has 1 aliphatic heterocycles. The molecule has 2 N–H and O–H groups in total. The molecule has 0 aliphatic carbocycles. The molecule has 3 aromatic rings. The van der Waals surface area contributed by atoms with Gasteiger partial charge in [-0.1, -0.05) is 20.8 Å². The third-order valence-corrected chi connectivity index (χ3v) is 7.87. The van der Waals surface area contributed by atoms with Crippen molar-refractivity contribution in [2.24, 2.45) is 18.4 Å². The van der Waals surface area contributed by atoms with Crippen LogP contribution in [0.4, 0.5) is 0 Å². The zero-order valence-corrected chi connectivity index (χ0v) is 21.1. The van der Waals surface area contributed by atoms with Crippen LogP contribution in [-0.4, -0.2) is 45.8 Å². The minimum absolute atomic E-state index is 0.00205. The number of aromatic amines is 1. The van der Waals surface area contributed by atoms with Crippen molar-refractivity contribution in [3.05, 3.63) is 35.0 Å². The summed E-state index contributed by atoms with van der Waals surface area (Å²) in [6, 6.07) is 6.07. The fourth-order valence-electron chi connectivity index (χ4n) is 4.03. The van der Waals surface area contributed by atoms with Crippen molar-refractivity contribution < 1.29 is 14.2 Å². The first-order chi connectivity index (χ1) is 16.1. The van der Waals surface area contributed by atoms with Gasteiger partial charge in [0.15, 0.2) is 0 Å². The number of thiophene rings is 1. The van der Waals surface area contributed by atoms with Gasteiger partial charge in [0.05, 0.1) is 10.9 Å². The van der Waals surface area contributed by atoms with E-state index in [9.17, 15) is 9.59 Å². The standard InChI is InChI=1S/C25H30N6O2S/c1-15(25(2,3)4)29-23(32)17-13-27-22-21(17)30(5)18(14-28-22)19-6-7-20(34-19)24(33)31-10-8-16(12-26)9-11-31/h6-7,13-16H,8-11H2,1-5H3,(H,29,32)/p+1. The summed E-state index contributed by atoms with van der Waals surface area (Å²) in [7, 11) is 1.91. The number of nitrogens with one attached hydrogen (secondary N) is 2. The van der Waals surface area contributed by atoms with Crippen LogP contribution in [0.1, 0.15) is 60.6 Å². The predicted molar refractivity (Wildman–Crippen MR) is 131 cm³/mol. The number of likely N-dealkylation sites (tertiary alicyclic amines) is 1. The molecule has 0 radical (unpaired) electrons. The second-order valence-electron chi connectivity index (χ2n) is 10.0. The number of carbonyl (C=O) groups excluding carboxylic acids is 2. The summed E-state index contributed by atoms with van der Waals surface area (Å²) in [4.78, 5) is 37.1. The van der Waals surface area contributed by atoms with Crippen LogP contribution in [0.15, 0.2) is 24.5 Å². The van der Waals surface area contributed by atoms with E-state index in [2.05, 4.69) is 42.1 Å². The molecule has 34 heavy (non-hydrogen) atoms. The number of nitriles is 1. The van der Waals surface area contributed by atoms with Gasteiger partial charge in [-0.05, 0) is 37.3 Å². The van der Waals surface area contributed by atoms with E-state index in [0.29, 0.717) is 29.2 Å². The molecular weight excluding hydrogens is 448 g/mol. The van der Waals surface area contributed by atoms with Crippen molar-refractivity contribution in [2.45, 2.75) is 46.6 Å². The second kappa shape index (κ2) is 9.18. The van der Waals surface area contributed by atoms with Crippen LogP contribution in [0, 0.1) is 22.7 Å². The predicted octanol–water partition coefficient (Wildman–Crippen LogP) is 3.66. The zero-order valence-electron chi connectivity index (χ0n) is 20.3. The van der Waals surface area contributed by atoms with Gasteiger partial charge in [0.2, 0.25) is 11.3 Å². The maximum absolute atomic E-state index is 13.1. The molecule has 4 rings (SSSR count). The minimum atomic E-state index is -0.147. The van der Waals surface area contributed by atoms with Gasteiger partial charge in [-0.15, -0.1) is 11.3 Å². The number of amides is 2. The molecule has 0 aromatic carbocycles. The first-order valence-electron chi connectivity index (χ1n) is 11.6. The van der Waals surface area contributed by atoms with Crippen molar-refractivity contribution in [1.29, 1.82) is 5.26 Å². The molecule has 0 spiro atoms. The van der Waals surface area contributed by atoms with Gasteiger partial charge in [0.25, 0.3) is 17.3 Å². The summed E-state index contributed by atoms with van der Waals surface area (Å²) in [5, 5.41) is 12.2. The Bertz CT molecular complexity index is 1270. The summed E-state index contributed by atoms with van der Waals surface area (Å²) in [6.45, 7) is 9.50. The molecule has 1 atom stereocenters. The summed E-state index contributed by atoms with van der Waals surface area (Å²) in [6.07, 6.45) is 4.90. The Morgan fingerprint density at radius 2 is 2.03 bits per heavy atom. The van der Waals surface area contributed by atoms with Crippen molar-refractivity contribution in [3.8, 4) is 16.6 Å². The molecule has 178 valence electrons. The lowest BCUT2D eigenvalue weighted by Gasteiger charge is -2.28. The van der Waals surface area contributed by atoms with E-state index in [4.69, 9.17) is 5.26 Å². The minimum Gasteiger partial charge on any atom is -0.349 e. The van der Waals surface area contributed by atoms with Crippen molar-refractivity contribution in [1.82, 2.24) is 20.2 Å². The van der Waals surface area contributed by atoms with Crippen molar-refractivity contribution in [3.63, 3.8) is 0 Å². The normalized spacial score (nSPS) is 15.8. The molecule has 1 saturated heterocycles. The van der Waals surface area contributed by atoms with Gasteiger partial charge in [-0.25, -0.2) is 4.98 Å². The summed E-state index contributed by atoms with van der Waals surface area (Å²) < 4.78 is 1.95. The molecule has 2 amide bonds. The number of hydrogen-bond donors (Lipinski definition) is 2. The Hall–Kier alpha value is -3.25. The smallest absolute Gasteiger partial charge is 0.263 e. The van der Waals surface area contributed by atoms with E-state index in [-0.39, 0.29) is 29.2 Å². The SMILES string of the molecule is CC(NC(=O)c1c[nH]c2ncc(-c3ccc(C(=O)N4CCC(C#N)CC4)s3)[n+](C)c12)C(C)(C)C. The van der Waals surface area contributed by atoms with Crippen LogP contribution in [-0.2, 0) is 7.05 Å². The number of hydrogen-bond acceptors (Lipinski definition) is 5. The maximum Gasteiger partial charge on any atom is 0.263 e. The Morgan fingerprint density at radius 1 is 1.32 bits per heavy atom. The molecule has 8 nitrogen and oxygen atoms in total. The third-order valence-electron chi connectivity index (χ3n) is 6.77. The van der Waals surface area contributed by atoms with Gasteiger partial charge < -0.3 is 15.2 Å². The van der Waals surface area contributed by atoms with E-state index in [1.54, 1.807) is 12.4 Å². The topological polar surface area (TPSA) is 106 Å². The van der Waals surface area contributed by atoms with Gasteiger partial charge in [-0.2, -0.15) is 9.83 Å². The highest BCUT2D eigenvalue weighted by Crippen LogP contribution is 2.29. The Morgan fingerprint density at radius 3 is 2.68 bits per heavy atom. The van der Waals surface area contributed by atoms with E-state index in [1.807, 2.05) is 35.6 Å². The quantitative estimate of drug-likeness (QED) is 0.557. The Labute approximate surface area is 203 Å². The lowest BCUT2D eigenvalue weighted by Crippen LogP contribution is -2.42. The van der Waals surface area contributed by atoms with Gasteiger partial charge >= 0.3 is 0 Å². The van der Waals surface area contributed by atoms with Crippen LogP contribution in [0.5, 0.6) is 0 Å². The monoisotopic (exact) mass is 479 g/mol. The van der Waals surface area contributed by atoms with Crippen molar-refractivity contribution >= 4 is 34.3 Å². The molecule has 0 bridgehead atoms. The van der Waals surface area contributed by atoms with Crippen LogP contribution in [0.2, 0.25) is 0 Å². The van der Waals surface area contributed by atoms with E-state index < -0.39 is 0 Å². The number of rotatable bonds is 4. The molecular formula is C25H31N6O2S+. The summed E-state index contributed by atoms with van der Waals surface area (Å²) in [5.74, 6) is -0.104. The number of nitrogens with zero attached hydrogens (tertiary/aromatic N) is 4. The lowest BCUT2D eigenvalue weighted by atomic mass is 9.88. The molecule has 3 aromatic heterocycles. The molecule has 1 aliphatic rings. The third kappa shape index (κ3) is 4.55. The fourth-order valence-corrected chi connectivity index (χ4v) is 5.05. The molecule has 1 fully saturated rings. The average molecular weight is 480 g/mol. The van der Waals surface area contributed by atoms with E-state index in [1.165, 1.54) is 11.3 Å². The average Bonchev–Trinajstić information content (AvgIpc) is 3.46. The highest BCUT2D eigenvalue weighted by atomic mass is 32.1. The first-order valence-corrected chi connectivity index (χ1v) is 12.4. The van der Waals surface area contributed by atoms with Crippen LogP contribution < -0.4 is 9.88 Å². The molecule has 0 saturated carbocycles. The molecule has 1 unspecified atom stereocenters. The summed E-state index contributed by atoms with van der Waals surface area (Å²) in [5.41, 5.74) is 2.66. The zero-order chi connectivity index (χ0) is 24.6. The van der Waals surface area contributed by atoms with Crippen LogP contribution >= 0.6 is 11.3 Å². The summed E-state index contributed by atoms with van der Waals surface area (Å²) >= 11 is 1.42. The number of aryl methyl sites for hydroxylation is 1. The van der Waals surface area contributed by atoms with Crippen LogP contribution in [0.25, 0.3) is 21.7 Å². The fraction of sp³-hybridized carbons (Fsp3) is 0.480. The molecule has 4 heterocycles. The Balaban J connectivity index is 1.60. The van der Waals surface area contributed by atoms with Crippen LogP contribution in [0.3, 0.4) is 0 Å². The molecule has 9 heteroatoms. The number of piperidine rings is 1. The van der Waals surface area contributed by atoms with Gasteiger partial charge in [-0.3, -0.25) is 9.59 Å². The first kappa shape index (κ1) is 23.9. The lowest BCUT2D eigenvalue weighted by molar-refractivity contribution is -0.633. The highest BCUT2D eigenvalue weighted by molar-refractivity contribution is 7.17. The van der Waals surface area contributed by atoms with E-state index in [0.717, 1.165) is 28.9 Å². The van der Waals surface area contributed by atoms with Gasteiger partial charge in [0, 0.05) is 31.2 Å². The van der Waals surface area contributed by atoms with Crippen molar-refractivity contribution in [2.75, 3.05) is 13.1 Å². The number of aromatic nitrogens is 3. The highest BCUT2D eigenvalue weighted by Gasteiger charge is 2.29.